The number of alkyl halides is 4. The second-order valence-electron chi connectivity index (χ2n) is 5.29. The summed E-state index contributed by atoms with van der Waals surface area (Å²) in [5, 5.41) is 2.60. The van der Waals surface area contributed by atoms with E-state index in [1.165, 1.54) is 12.1 Å². The molecule has 1 saturated carbocycles. The van der Waals surface area contributed by atoms with E-state index >= 15 is 0 Å². The van der Waals surface area contributed by atoms with Crippen molar-refractivity contribution in [3.05, 3.63) is 35.4 Å². The smallest absolute Gasteiger partial charge is 0.339 e. The Labute approximate surface area is 130 Å². The third-order valence-electron chi connectivity index (χ3n) is 3.86. The molecule has 7 heteroatoms. The molecule has 1 aliphatic carbocycles. The molecule has 1 aliphatic rings. The fourth-order valence-electron chi connectivity index (χ4n) is 2.75. The van der Waals surface area contributed by atoms with Gasteiger partial charge in [-0.1, -0.05) is 12.1 Å². The summed E-state index contributed by atoms with van der Waals surface area (Å²) in [7, 11) is 0. The lowest BCUT2D eigenvalue weighted by Crippen LogP contribution is -2.53. The molecule has 0 saturated heterocycles. The van der Waals surface area contributed by atoms with Crippen molar-refractivity contribution in [2.24, 2.45) is 0 Å². The molecule has 1 atom stereocenters. The van der Waals surface area contributed by atoms with Crippen molar-refractivity contribution < 1.29 is 22.8 Å². The summed E-state index contributed by atoms with van der Waals surface area (Å²) in [6.45, 7) is 0. The predicted octanol–water partition coefficient (Wildman–Crippen LogP) is 3.40. The van der Waals surface area contributed by atoms with Gasteiger partial charge in [-0.25, -0.2) is 0 Å². The molecule has 1 aromatic carbocycles. The highest BCUT2D eigenvalue weighted by molar-refractivity contribution is 6.27. The first-order valence-corrected chi connectivity index (χ1v) is 7.41. The molecule has 0 spiro atoms. The van der Waals surface area contributed by atoms with Crippen molar-refractivity contribution in [2.75, 3.05) is 5.88 Å². The van der Waals surface area contributed by atoms with Gasteiger partial charge in [0.2, 0.25) is 5.91 Å². The van der Waals surface area contributed by atoms with Crippen LogP contribution in [0.4, 0.5) is 13.2 Å². The molecule has 2 rings (SSSR count). The molecule has 1 N–H and O–H groups in total. The molecule has 0 aliphatic heterocycles. The van der Waals surface area contributed by atoms with Crippen LogP contribution in [0.25, 0.3) is 0 Å². The van der Waals surface area contributed by atoms with E-state index in [-0.39, 0.29) is 18.1 Å². The number of Topliss-reactive ketones (excluding diaryl/α,β-unsaturated/α-hetero) is 1. The van der Waals surface area contributed by atoms with Gasteiger partial charge in [-0.2, -0.15) is 13.2 Å². The normalized spacial score (nSPS) is 22.5. The van der Waals surface area contributed by atoms with E-state index in [0.29, 0.717) is 24.8 Å². The average molecular weight is 334 g/mol. The fourth-order valence-corrected chi connectivity index (χ4v) is 2.82. The number of carbonyl (C=O) groups excluding carboxylic acids is 2. The van der Waals surface area contributed by atoms with E-state index in [0.717, 1.165) is 12.1 Å². The third-order valence-corrected chi connectivity index (χ3v) is 4.10. The Bertz CT molecular complexity index is 571. The van der Waals surface area contributed by atoms with Crippen LogP contribution in [0.3, 0.4) is 0 Å². The fraction of sp³-hybridized carbons (Fsp3) is 0.467. The summed E-state index contributed by atoms with van der Waals surface area (Å²) >= 11 is 5.48. The van der Waals surface area contributed by atoms with Crippen LogP contribution in [0, 0.1) is 0 Å². The zero-order valence-electron chi connectivity index (χ0n) is 11.7. The van der Waals surface area contributed by atoms with Crippen molar-refractivity contribution >= 4 is 23.3 Å². The number of amides is 1. The van der Waals surface area contributed by atoms with Gasteiger partial charge < -0.3 is 5.32 Å². The van der Waals surface area contributed by atoms with Gasteiger partial charge >= 0.3 is 6.18 Å². The molecule has 1 unspecified atom stereocenters. The quantitative estimate of drug-likeness (QED) is 0.862. The maximum Gasteiger partial charge on any atom is 0.416 e. The summed E-state index contributed by atoms with van der Waals surface area (Å²) < 4.78 is 37.9. The molecular weight excluding hydrogens is 319 g/mol. The average Bonchev–Trinajstić information content (AvgIpc) is 2.49. The maximum absolute atomic E-state index is 12.6. The monoisotopic (exact) mass is 333 g/mol. The van der Waals surface area contributed by atoms with Crippen molar-refractivity contribution in [1.82, 2.24) is 5.32 Å². The van der Waals surface area contributed by atoms with Crippen molar-refractivity contribution in [3.8, 4) is 0 Å². The Kier molecular flexibility index (Phi) is 4.80. The van der Waals surface area contributed by atoms with Gasteiger partial charge in [-0.05, 0) is 37.0 Å². The molecule has 120 valence electrons. The molecule has 1 fully saturated rings. The molecule has 0 bridgehead atoms. The Hall–Kier alpha value is -1.56. The lowest BCUT2D eigenvalue weighted by atomic mass is 9.75. The first-order valence-electron chi connectivity index (χ1n) is 6.87. The van der Waals surface area contributed by atoms with Gasteiger partial charge in [-0.3, -0.25) is 9.59 Å². The Morgan fingerprint density at radius 3 is 2.36 bits per heavy atom. The van der Waals surface area contributed by atoms with Crippen LogP contribution in [0.2, 0.25) is 0 Å². The topological polar surface area (TPSA) is 46.2 Å². The van der Waals surface area contributed by atoms with E-state index in [1.807, 2.05) is 0 Å². The van der Waals surface area contributed by atoms with Crippen LogP contribution in [0.5, 0.6) is 0 Å². The molecule has 22 heavy (non-hydrogen) atoms. The molecule has 0 aromatic heterocycles. The molecule has 1 aromatic rings. The van der Waals surface area contributed by atoms with Crippen molar-refractivity contribution in [2.45, 2.75) is 37.4 Å². The highest BCUT2D eigenvalue weighted by Gasteiger charge is 2.43. The van der Waals surface area contributed by atoms with E-state index in [9.17, 15) is 22.8 Å². The second-order valence-corrected chi connectivity index (χ2v) is 5.56. The highest BCUT2D eigenvalue weighted by Crippen LogP contribution is 2.36. The van der Waals surface area contributed by atoms with Crippen LogP contribution in [0.15, 0.2) is 24.3 Å². The minimum atomic E-state index is -4.44. The second kappa shape index (κ2) is 6.28. The van der Waals surface area contributed by atoms with Gasteiger partial charge in [0.25, 0.3) is 0 Å². The lowest BCUT2D eigenvalue weighted by molar-refractivity contribution is -0.137. The Morgan fingerprint density at radius 2 is 1.86 bits per heavy atom. The number of nitrogens with one attached hydrogen (secondary N) is 1. The van der Waals surface area contributed by atoms with Crippen LogP contribution < -0.4 is 5.32 Å². The van der Waals surface area contributed by atoms with E-state index in [4.69, 9.17) is 11.6 Å². The van der Waals surface area contributed by atoms with Crippen molar-refractivity contribution in [3.63, 3.8) is 0 Å². The van der Waals surface area contributed by atoms with Crippen LogP contribution in [0.1, 0.15) is 36.8 Å². The van der Waals surface area contributed by atoms with Crippen LogP contribution >= 0.6 is 11.6 Å². The third kappa shape index (κ3) is 3.27. The van der Waals surface area contributed by atoms with Gasteiger partial charge in [0.05, 0.1) is 5.56 Å². The zero-order chi connectivity index (χ0) is 16.4. The van der Waals surface area contributed by atoms with Crippen LogP contribution in [-0.2, 0) is 21.3 Å². The summed E-state index contributed by atoms with van der Waals surface area (Å²) in [5.41, 5.74) is -1.70. The summed E-state index contributed by atoms with van der Waals surface area (Å²) in [6, 6.07) is 4.35. The number of benzene rings is 1. The van der Waals surface area contributed by atoms with Gasteiger partial charge in [0.15, 0.2) is 5.78 Å². The highest BCUT2D eigenvalue weighted by atomic mass is 35.5. The number of rotatable bonds is 3. The van der Waals surface area contributed by atoms with E-state index in [1.54, 1.807) is 0 Å². The number of hydrogen-bond acceptors (Lipinski definition) is 2. The summed E-state index contributed by atoms with van der Waals surface area (Å²) in [5.74, 6) is -1.02. The largest absolute Gasteiger partial charge is 0.416 e. The van der Waals surface area contributed by atoms with Crippen molar-refractivity contribution in [1.29, 1.82) is 0 Å². The van der Waals surface area contributed by atoms with E-state index < -0.39 is 23.2 Å². The maximum atomic E-state index is 12.6. The summed E-state index contributed by atoms with van der Waals surface area (Å²) in [6.07, 6.45) is -2.39. The Morgan fingerprint density at radius 1 is 1.23 bits per heavy atom. The minimum absolute atomic E-state index is 0.197. The standard InChI is InChI=1S/C15H15ClF3NO2/c16-9-13(22)20-14(8-2-1-3-12(14)21)10-4-6-11(7-5-10)15(17,18)19/h4-7H,1-3,8-9H2,(H,20,22). The molecule has 0 heterocycles. The van der Waals surface area contributed by atoms with E-state index in [2.05, 4.69) is 5.32 Å². The SMILES string of the molecule is O=C(CCl)NC1(c2ccc(C(F)(F)F)cc2)CCCCC1=O. The molecule has 1 amide bonds. The number of hydrogen-bond donors (Lipinski definition) is 1. The first kappa shape index (κ1) is 16.8. The first-order chi connectivity index (χ1) is 10.3. The molecule has 0 radical (unpaired) electrons. The van der Waals surface area contributed by atoms with Gasteiger partial charge in [0, 0.05) is 6.42 Å². The zero-order valence-corrected chi connectivity index (χ0v) is 12.4. The molecular formula is C15H15ClF3NO2. The van der Waals surface area contributed by atoms with Gasteiger partial charge in [-0.15, -0.1) is 11.6 Å². The number of halogens is 4. The number of ketones is 1. The predicted molar refractivity (Wildman–Crippen MR) is 75.5 cm³/mol. The Balaban J connectivity index is 2.41. The lowest BCUT2D eigenvalue weighted by Gasteiger charge is -2.37. The number of carbonyl (C=O) groups is 2. The minimum Gasteiger partial charge on any atom is -0.339 e. The van der Waals surface area contributed by atoms with Gasteiger partial charge in [0.1, 0.15) is 11.4 Å². The molecule has 3 nitrogen and oxygen atoms in total. The summed E-state index contributed by atoms with van der Waals surface area (Å²) in [4.78, 5) is 24.0. The van der Waals surface area contributed by atoms with Crippen LogP contribution in [-0.4, -0.2) is 17.6 Å².